The van der Waals surface area contributed by atoms with Crippen molar-refractivity contribution in [3.8, 4) is 17.1 Å². The third kappa shape index (κ3) is 4.00. The van der Waals surface area contributed by atoms with Gasteiger partial charge in [-0.05, 0) is 42.5 Å². The SMILES string of the molecule is Nc1cc(N)cc(C(=O)Oc2c(-c3ccc(C(F)(F)F)cc3)oc3ccccc3c2=O)c1. The van der Waals surface area contributed by atoms with Gasteiger partial charge in [-0.3, -0.25) is 4.79 Å². The van der Waals surface area contributed by atoms with E-state index in [4.69, 9.17) is 20.6 Å². The lowest BCUT2D eigenvalue weighted by Gasteiger charge is -2.12. The third-order valence-corrected chi connectivity index (χ3v) is 4.64. The Morgan fingerprint density at radius 2 is 1.53 bits per heavy atom. The van der Waals surface area contributed by atoms with Crippen molar-refractivity contribution in [3.05, 3.63) is 88.1 Å². The van der Waals surface area contributed by atoms with Gasteiger partial charge in [0.25, 0.3) is 0 Å². The molecule has 0 saturated carbocycles. The third-order valence-electron chi connectivity index (χ3n) is 4.64. The Balaban J connectivity index is 1.86. The number of nitrogen functional groups attached to an aromatic ring is 2. The second kappa shape index (κ2) is 7.77. The van der Waals surface area contributed by atoms with Crippen molar-refractivity contribution >= 4 is 28.3 Å². The van der Waals surface area contributed by atoms with Crippen LogP contribution in [0.3, 0.4) is 0 Å². The highest BCUT2D eigenvalue weighted by Gasteiger charge is 2.30. The predicted molar refractivity (Wildman–Crippen MR) is 113 cm³/mol. The van der Waals surface area contributed by atoms with E-state index in [9.17, 15) is 22.8 Å². The van der Waals surface area contributed by atoms with Gasteiger partial charge < -0.3 is 20.6 Å². The van der Waals surface area contributed by atoms with Gasteiger partial charge >= 0.3 is 12.1 Å². The smallest absolute Gasteiger partial charge is 0.416 e. The van der Waals surface area contributed by atoms with Gasteiger partial charge in [0.15, 0.2) is 5.76 Å². The maximum Gasteiger partial charge on any atom is 0.416 e. The zero-order chi connectivity index (χ0) is 23.0. The fourth-order valence-corrected chi connectivity index (χ4v) is 3.16. The number of hydrogen-bond acceptors (Lipinski definition) is 6. The first kappa shape index (κ1) is 21.0. The number of halogens is 3. The molecule has 0 aliphatic rings. The minimum absolute atomic E-state index is 0.00609. The molecule has 0 bridgehead atoms. The van der Waals surface area contributed by atoms with Crippen LogP contribution in [0.1, 0.15) is 15.9 Å². The van der Waals surface area contributed by atoms with Crippen LogP contribution in [-0.4, -0.2) is 5.97 Å². The number of rotatable bonds is 3. The standard InChI is InChI=1S/C23H15F3N2O4/c24-23(25,26)14-7-5-12(6-8-14)20-21(19(29)17-3-1-2-4-18(17)31-20)32-22(30)13-9-15(27)11-16(28)10-13/h1-11H,27-28H2. The molecule has 1 heterocycles. The summed E-state index contributed by atoms with van der Waals surface area (Å²) in [7, 11) is 0. The topological polar surface area (TPSA) is 109 Å². The summed E-state index contributed by atoms with van der Waals surface area (Å²) >= 11 is 0. The van der Waals surface area contributed by atoms with Gasteiger partial charge in [0.2, 0.25) is 11.2 Å². The zero-order valence-corrected chi connectivity index (χ0v) is 16.3. The zero-order valence-electron chi connectivity index (χ0n) is 16.3. The maximum absolute atomic E-state index is 13.1. The summed E-state index contributed by atoms with van der Waals surface area (Å²) in [6, 6.07) is 14.3. The van der Waals surface area contributed by atoms with Crippen LogP contribution in [0, 0.1) is 0 Å². The molecule has 162 valence electrons. The van der Waals surface area contributed by atoms with Crippen molar-refractivity contribution in [1.82, 2.24) is 0 Å². The van der Waals surface area contributed by atoms with Crippen molar-refractivity contribution in [2.24, 2.45) is 0 Å². The van der Waals surface area contributed by atoms with Gasteiger partial charge in [0.05, 0.1) is 16.5 Å². The van der Waals surface area contributed by atoms with E-state index >= 15 is 0 Å². The van der Waals surface area contributed by atoms with E-state index in [1.807, 2.05) is 0 Å². The molecular formula is C23H15F3N2O4. The molecule has 0 radical (unpaired) electrons. The van der Waals surface area contributed by atoms with Crippen molar-refractivity contribution in [2.75, 3.05) is 11.5 Å². The normalized spacial score (nSPS) is 11.5. The summed E-state index contributed by atoms with van der Waals surface area (Å²) < 4.78 is 49.9. The van der Waals surface area contributed by atoms with Gasteiger partial charge in [-0.1, -0.05) is 24.3 Å². The van der Waals surface area contributed by atoms with Gasteiger partial charge in [0.1, 0.15) is 5.58 Å². The van der Waals surface area contributed by atoms with E-state index in [0.29, 0.717) is 0 Å². The molecule has 0 aliphatic carbocycles. The van der Waals surface area contributed by atoms with E-state index in [1.54, 1.807) is 12.1 Å². The molecule has 4 rings (SSSR count). The summed E-state index contributed by atoms with van der Waals surface area (Å²) in [5.41, 5.74) is 10.6. The molecule has 0 atom stereocenters. The van der Waals surface area contributed by atoms with Crippen molar-refractivity contribution < 1.29 is 27.1 Å². The molecule has 1 aromatic heterocycles. The van der Waals surface area contributed by atoms with Crippen LogP contribution in [0.2, 0.25) is 0 Å². The van der Waals surface area contributed by atoms with Gasteiger partial charge in [0, 0.05) is 16.9 Å². The number of nitrogens with two attached hydrogens (primary N) is 2. The van der Waals surface area contributed by atoms with Crippen LogP contribution in [0.15, 0.2) is 75.9 Å². The lowest BCUT2D eigenvalue weighted by Crippen LogP contribution is -2.16. The molecule has 3 aromatic carbocycles. The molecule has 9 heteroatoms. The van der Waals surface area contributed by atoms with Crippen molar-refractivity contribution in [2.45, 2.75) is 6.18 Å². The number of para-hydroxylation sites is 1. The molecule has 0 spiro atoms. The van der Waals surface area contributed by atoms with E-state index in [2.05, 4.69) is 0 Å². The Morgan fingerprint density at radius 1 is 0.906 bits per heavy atom. The molecular weight excluding hydrogens is 425 g/mol. The summed E-state index contributed by atoms with van der Waals surface area (Å²) in [6.07, 6.45) is -4.54. The van der Waals surface area contributed by atoms with Gasteiger partial charge in [-0.25, -0.2) is 4.79 Å². The fraction of sp³-hybridized carbons (Fsp3) is 0.0435. The number of hydrogen-bond donors (Lipinski definition) is 2. The molecule has 4 N–H and O–H groups in total. The number of fused-ring (bicyclic) bond motifs is 1. The van der Waals surface area contributed by atoms with E-state index in [0.717, 1.165) is 24.3 Å². The maximum atomic E-state index is 13.1. The summed E-state index contributed by atoms with van der Waals surface area (Å²) in [5.74, 6) is -1.58. The predicted octanol–water partition coefficient (Wildman–Crippen LogP) is 4.86. The first-order valence-corrected chi connectivity index (χ1v) is 9.25. The highest BCUT2D eigenvalue weighted by Crippen LogP contribution is 2.35. The number of ether oxygens (including phenoxy) is 1. The second-order valence-electron chi connectivity index (χ2n) is 6.94. The highest BCUT2D eigenvalue weighted by molar-refractivity contribution is 5.94. The monoisotopic (exact) mass is 440 g/mol. The van der Waals surface area contributed by atoms with Crippen LogP contribution < -0.4 is 21.6 Å². The second-order valence-corrected chi connectivity index (χ2v) is 6.94. The Hall–Kier alpha value is -4.27. The summed E-state index contributed by atoms with van der Waals surface area (Å²) in [5, 5.41) is 0.137. The summed E-state index contributed by atoms with van der Waals surface area (Å²) in [4.78, 5) is 25.8. The largest absolute Gasteiger partial charge is 0.452 e. The van der Waals surface area contributed by atoms with Crippen LogP contribution in [0.4, 0.5) is 24.5 Å². The minimum Gasteiger partial charge on any atom is -0.452 e. The Bertz CT molecular complexity index is 1370. The molecule has 0 amide bonds. The van der Waals surface area contributed by atoms with E-state index < -0.39 is 28.9 Å². The quantitative estimate of drug-likeness (QED) is 0.348. The van der Waals surface area contributed by atoms with Crippen LogP contribution in [-0.2, 0) is 6.18 Å². The van der Waals surface area contributed by atoms with Crippen molar-refractivity contribution in [3.63, 3.8) is 0 Å². The first-order valence-electron chi connectivity index (χ1n) is 9.25. The molecule has 6 nitrogen and oxygen atoms in total. The number of benzene rings is 3. The lowest BCUT2D eigenvalue weighted by atomic mass is 10.1. The minimum atomic E-state index is -4.54. The lowest BCUT2D eigenvalue weighted by molar-refractivity contribution is -0.137. The van der Waals surface area contributed by atoms with Crippen LogP contribution in [0.25, 0.3) is 22.3 Å². The average molecular weight is 440 g/mol. The molecule has 4 aromatic rings. The summed E-state index contributed by atoms with van der Waals surface area (Å²) in [6.45, 7) is 0. The number of carbonyl (C=O) groups excluding carboxylic acids is 1. The first-order chi connectivity index (χ1) is 15.1. The number of anilines is 2. The highest BCUT2D eigenvalue weighted by atomic mass is 19.4. The number of alkyl halides is 3. The molecule has 0 aliphatic heterocycles. The molecule has 0 saturated heterocycles. The van der Waals surface area contributed by atoms with E-state index in [1.165, 1.54) is 30.3 Å². The Morgan fingerprint density at radius 3 is 2.16 bits per heavy atom. The van der Waals surface area contributed by atoms with Crippen LogP contribution in [0.5, 0.6) is 5.75 Å². The number of carbonyl (C=O) groups is 1. The molecule has 0 unspecified atom stereocenters. The molecule has 0 fully saturated rings. The van der Waals surface area contributed by atoms with E-state index in [-0.39, 0.29) is 39.2 Å². The van der Waals surface area contributed by atoms with Crippen LogP contribution >= 0.6 is 0 Å². The number of esters is 1. The van der Waals surface area contributed by atoms with Gasteiger partial charge in [-0.15, -0.1) is 0 Å². The Labute approximate surface area is 178 Å². The van der Waals surface area contributed by atoms with Crippen molar-refractivity contribution in [1.29, 1.82) is 0 Å². The molecule has 32 heavy (non-hydrogen) atoms. The average Bonchev–Trinajstić information content (AvgIpc) is 2.74. The Kier molecular flexibility index (Phi) is 5.09. The fourth-order valence-electron chi connectivity index (χ4n) is 3.16. The van der Waals surface area contributed by atoms with Gasteiger partial charge in [-0.2, -0.15) is 13.2 Å².